The Balaban J connectivity index is 1.53. The van der Waals surface area contributed by atoms with Crippen LogP contribution in [0.15, 0.2) is 75.3 Å². The van der Waals surface area contributed by atoms with Gasteiger partial charge in [0.25, 0.3) is 5.91 Å². The molecule has 1 aliphatic heterocycles. The molecule has 3 aromatic carbocycles. The Morgan fingerprint density at radius 2 is 1.79 bits per heavy atom. The number of amides is 3. The number of urea groups is 1. The van der Waals surface area contributed by atoms with E-state index >= 15 is 0 Å². The molecule has 0 bridgehead atoms. The van der Waals surface area contributed by atoms with E-state index in [0.717, 1.165) is 14.9 Å². The molecule has 4 rings (SSSR count). The van der Waals surface area contributed by atoms with Gasteiger partial charge in [-0.15, -0.1) is 0 Å². The molecule has 0 aromatic heterocycles. The number of carbonyl (C=O) groups is 2. The summed E-state index contributed by atoms with van der Waals surface area (Å²) >= 11 is 6.91. The molecular weight excluding hydrogens is 571 g/mol. The molecule has 0 atom stereocenters. The van der Waals surface area contributed by atoms with Crippen LogP contribution < -0.4 is 14.8 Å². The van der Waals surface area contributed by atoms with Crippen molar-refractivity contribution in [2.45, 2.75) is 13.2 Å². The van der Waals surface area contributed by atoms with Crippen molar-refractivity contribution in [3.63, 3.8) is 0 Å². The average Bonchev–Trinajstić information content (AvgIpc) is 3.07. The van der Waals surface area contributed by atoms with E-state index in [2.05, 4.69) is 37.2 Å². The highest BCUT2D eigenvalue weighted by Crippen LogP contribution is 2.38. The molecule has 1 N–H and O–H groups in total. The number of benzene rings is 3. The summed E-state index contributed by atoms with van der Waals surface area (Å²) in [5, 5.41) is 2.55. The van der Waals surface area contributed by atoms with Crippen LogP contribution in [0.1, 0.15) is 16.7 Å². The third-order valence-corrected chi connectivity index (χ3v) is 6.23. The lowest BCUT2D eigenvalue weighted by molar-refractivity contribution is -0.123. The Morgan fingerprint density at radius 3 is 2.50 bits per heavy atom. The number of nitrogens with one attached hydrogen (secondary N) is 1. The van der Waals surface area contributed by atoms with Gasteiger partial charge in [-0.3, -0.25) is 9.69 Å². The number of hydrogen-bond donors (Lipinski definition) is 1. The van der Waals surface area contributed by atoms with Crippen LogP contribution in [-0.2, 0) is 17.9 Å². The number of methoxy groups -OCH3 is 1. The Bertz CT molecular complexity index is 1280. The maximum atomic E-state index is 14.0. The van der Waals surface area contributed by atoms with Crippen molar-refractivity contribution < 1.29 is 23.5 Å². The van der Waals surface area contributed by atoms with Crippen LogP contribution in [0.3, 0.4) is 0 Å². The van der Waals surface area contributed by atoms with Crippen molar-refractivity contribution in [1.29, 1.82) is 0 Å². The molecule has 1 fully saturated rings. The van der Waals surface area contributed by atoms with Crippen molar-refractivity contribution >= 4 is 49.9 Å². The second-order valence-electron chi connectivity index (χ2n) is 7.42. The summed E-state index contributed by atoms with van der Waals surface area (Å²) in [6.45, 7) is 0.173. The van der Waals surface area contributed by atoms with Gasteiger partial charge in [-0.1, -0.05) is 46.3 Å². The van der Waals surface area contributed by atoms with Gasteiger partial charge in [0.1, 0.15) is 18.1 Å². The predicted octanol–water partition coefficient (Wildman–Crippen LogP) is 6.03. The highest BCUT2D eigenvalue weighted by Gasteiger charge is 2.34. The Morgan fingerprint density at radius 1 is 1.06 bits per heavy atom. The van der Waals surface area contributed by atoms with Gasteiger partial charge in [0.2, 0.25) is 0 Å². The minimum Gasteiger partial charge on any atom is -0.493 e. The lowest BCUT2D eigenvalue weighted by Gasteiger charge is -2.14. The molecule has 6 nitrogen and oxygen atoms in total. The average molecular weight is 590 g/mol. The number of hydrogen-bond acceptors (Lipinski definition) is 4. The number of rotatable bonds is 7. The third-order valence-electron chi connectivity index (χ3n) is 5.11. The highest BCUT2D eigenvalue weighted by molar-refractivity contribution is 9.10. The molecular formula is C25H19Br2FN2O4. The minimum absolute atomic E-state index is 0.0822. The Labute approximate surface area is 212 Å². The quantitative estimate of drug-likeness (QED) is 0.270. The summed E-state index contributed by atoms with van der Waals surface area (Å²) in [5.41, 5.74) is 1.93. The smallest absolute Gasteiger partial charge is 0.329 e. The van der Waals surface area contributed by atoms with E-state index in [0.29, 0.717) is 28.1 Å². The fourth-order valence-electron chi connectivity index (χ4n) is 3.38. The summed E-state index contributed by atoms with van der Waals surface area (Å²) < 4.78 is 27.0. The van der Waals surface area contributed by atoms with E-state index in [-0.39, 0.29) is 17.8 Å². The largest absolute Gasteiger partial charge is 0.493 e. The maximum Gasteiger partial charge on any atom is 0.329 e. The first-order valence-corrected chi connectivity index (χ1v) is 11.8. The number of halogens is 3. The molecule has 0 saturated carbocycles. The molecule has 9 heteroatoms. The van der Waals surface area contributed by atoms with Crippen molar-refractivity contribution in [3.05, 3.63) is 97.8 Å². The van der Waals surface area contributed by atoms with Crippen molar-refractivity contribution in [2.75, 3.05) is 7.11 Å². The summed E-state index contributed by atoms with van der Waals surface area (Å²) in [4.78, 5) is 26.1. The zero-order chi connectivity index (χ0) is 24.2. The van der Waals surface area contributed by atoms with Gasteiger partial charge in [-0.2, -0.15) is 0 Å². The van der Waals surface area contributed by atoms with Crippen LogP contribution in [0.4, 0.5) is 9.18 Å². The number of carbonyl (C=O) groups excluding carboxylic acids is 2. The van der Waals surface area contributed by atoms with Crippen LogP contribution in [0, 0.1) is 5.82 Å². The second kappa shape index (κ2) is 10.4. The Kier molecular flexibility index (Phi) is 7.33. The molecule has 34 heavy (non-hydrogen) atoms. The molecule has 3 aromatic rings. The van der Waals surface area contributed by atoms with Crippen molar-refractivity contribution in [1.82, 2.24) is 10.2 Å². The summed E-state index contributed by atoms with van der Waals surface area (Å²) in [7, 11) is 1.52. The zero-order valence-electron chi connectivity index (χ0n) is 18.0. The fourth-order valence-corrected chi connectivity index (χ4v) is 4.22. The fraction of sp³-hybridized carbons (Fsp3) is 0.120. The van der Waals surface area contributed by atoms with E-state index in [1.54, 1.807) is 24.3 Å². The topological polar surface area (TPSA) is 67.9 Å². The summed E-state index contributed by atoms with van der Waals surface area (Å²) in [6.07, 6.45) is 1.54. The van der Waals surface area contributed by atoms with E-state index < -0.39 is 17.8 Å². The van der Waals surface area contributed by atoms with Gasteiger partial charge >= 0.3 is 6.03 Å². The van der Waals surface area contributed by atoms with Gasteiger partial charge in [0, 0.05) is 10.0 Å². The standard InChI is InChI=1S/C25H19Br2FN2O4/c1-33-22-12-16(10-19(27)23(22)34-14-15-6-8-18(26)9-7-15)11-21-24(31)30(25(32)29-21)13-17-4-2-3-5-20(17)28/h2-12H,13-14H2,1H3,(H,29,32)/b21-11+. The van der Waals surface area contributed by atoms with Crippen LogP contribution in [0.2, 0.25) is 0 Å². The van der Waals surface area contributed by atoms with Gasteiger partial charge in [-0.25, -0.2) is 9.18 Å². The van der Waals surface area contributed by atoms with Crippen LogP contribution >= 0.6 is 31.9 Å². The van der Waals surface area contributed by atoms with Crippen LogP contribution in [0.25, 0.3) is 6.08 Å². The second-order valence-corrected chi connectivity index (χ2v) is 9.19. The number of ether oxygens (including phenoxy) is 2. The highest BCUT2D eigenvalue weighted by atomic mass is 79.9. The van der Waals surface area contributed by atoms with Gasteiger partial charge in [0.05, 0.1) is 18.1 Å². The first kappa shape index (κ1) is 24.0. The van der Waals surface area contributed by atoms with Gasteiger partial charge in [-0.05, 0) is 63.5 Å². The van der Waals surface area contributed by atoms with E-state index in [9.17, 15) is 14.0 Å². The van der Waals surface area contributed by atoms with Crippen LogP contribution in [0.5, 0.6) is 11.5 Å². The number of nitrogens with zero attached hydrogens (tertiary/aromatic N) is 1. The molecule has 0 spiro atoms. The van der Waals surface area contributed by atoms with Crippen LogP contribution in [-0.4, -0.2) is 23.9 Å². The minimum atomic E-state index is -0.611. The van der Waals surface area contributed by atoms with Crippen molar-refractivity contribution in [3.8, 4) is 11.5 Å². The maximum absolute atomic E-state index is 14.0. The lowest BCUT2D eigenvalue weighted by atomic mass is 10.1. The molecule has 174 valence electrons. The third kappa shape index (κ3) is 5.31. The van der Waals surface area contributed by atoms with E-state index in [1.807, 2.05) is 24.3 Å². The van der Waals surface area contributed by atoms with Crippen molar-refractivity contribution in [2.24, 2.45) is 0 Å². The van der Waals surface area contributed by atoms with E-state index in [1.165, 1.54) is 25.3 Å². The first-order chi connectivity index (χ1) is 16.4. The first-order valence-electron chi connectivity index (χ1n) is 10.2. The summed E-state index contributed by atoms with van der Waals surface area (Å²) in [5.74, 6) is -0.0549. The molecule has 0 unspecified atom stereocenters. The predicted molar refractivity (Wildman–Crippen MR) is 133 cm³/mol. The monoisotopic (exact) mass is 588 g/mol. The van der Waals surface area contributed by atoms with Gasteiger partial charge in [0.15, 0.2) is 11.5 Å². The molecule has 1 heterocycles. The molecule has 1 aliphatic rings. The molecule has 0 radical (unpaired) electrons. The van der Waals surface area contributed by atoms with E-state index in [4.69, 9.17) is 9.47 Å². The normalized spacial score (nSPS) is 14.5. The Hall–Kier alpha value is -3.17. The molecule has 1 saturated heterocycles. The molecule has 3 amide bonds. The molecule has 0 aliphatic carbocycles. The zero-order valence-corrected chi connectivity index (χ0v) is 21.2. The number of imide groups is 1. The summed E-state index contributed by atoms with van der Waals surface area (Å²) in [6, 6.07) is 16.6. The SMILES string of the molecule is COc1cc(/C=C2/NC(=O)N(Cc3ccccc3F)C2=O)cc(Br)c1OCc1ccc(Br)cc1. The van der Waals surface area contributed by atoms with Gasteiger partial charge < -0.3 is 14.8 Å². The lowest BCUT2D eigenvalue weighted by Crippen LogP contribution is -2.30.